The molecule has 0 aliphatic heterocycles. The molecule has 0 fully saturated rings. The van der Waals surface area contributed by atoms with Crippen molar-refractivity contribution in [1.29, 1.82) is 0 Å². The van der Waals surface area contributed by atoms with Gasteiger partial charge in [-0.2, -0.15) is 4.98 Å². The number of carbonyl (C=O) groups excluding carboxylic acids is 2. The minimum atomic E-state index is -1.12. The first kappa shape index (κ1) is 20.9. The van der Waals surface area contributed by atoms with Gasteiger partial charge in [0.25, 0.3) is 5.56 Å². The molecule has 0 saturated carbocycles. The molecule has 0 bridgehead atoms. The van der Waals surface area contributed by atoms with Crippen LogP contribution in [0.5, 0.6) is 0 Å². The molecule has 0 saturated heterocycles. The number of rotatable bonds is 9. The topological polar surface area (TPSA) is 133 Å². The number of carbonyl (C=O) groups is 2. The first-order chi connectivity index (χ1) is 12.8. The number of hydrogen-bond acceptors (Lipinski definition) is 8. The van der Waals surface area contributed by atoms with Gasteiger partial charge in [-0.25, -0.2) is 4.98 Å². The minimum Gasteiger partial charge on any atom is -0.468 e. The number of anilines is 1. The van der Waals surface area contributed by atoms with Crippen LogP contribution in [0.15, 0.2) is 11.1 Å². The van der Waals surface area contributed by atoms with Crippen LogP contribution in [0.4, 0.5) is 5.95 Å². The average molecular weight is 395 g/mol. The summed E-state index contributed by atoms with van der Waals surface area (Å²) >= 11 is 1.17. The Morgan fingerprint density at radius 3 is 2.70 bits per heavy atom. The third-order valence-electron chi connectivity index (χ3n) is 4.23. The van der Waals surface area contributed by atoms with Crippen molar-refractivity contribution in [1.82, 2.24) is 19.5 Å². The van der Waals surface area contributed by atoms with E-state index < -0.39 is 11.4 Å². The fourth-order valence-electron chi connectivity index (χ4n) is 2.56. The second-order valence-corrected chi connectivity index (χ2v) is 7.80. The molecule has 3 N–H and O–H groups in total. The Morgan fingerprint density at radius 2 is 2.00 bits per heavy atom. The quantitative estimate of drug-likeness (QED) is 0.372. The average Bonchev–Trinajstić information content (AvgIpc) is 3.02. The van der Waals surface area contributed by atoms with Crippen LogP contribution in [-0.4, -0.2) is 43.5 Å². The fourth-order valence-corrected chi connectivity index (χ4v) is 3.53. The van der Waals surface area contributed by atoms with Crippen molar-refractivity contribution in [2.75, 3.05) is 18.6 Å². The lowest BCUT2D eigenvalue weighted by atomic mass is 9.96. The number of nitrogens with zero attached hydrogens (tertiary/aromatic N) is 3. The van der Waals surface area contributed by atoms with Gasteiger partial charge in [0.1, 0.15) is 5.41 Å². The highest BCUT2D eigenvalue weighted by Crippen LogP contribution is 2.26. The van der Waals surface area contributed by atoms with Crippen molar-refractivity contribution in [3.8, 4) is 0 Å². The van der Waals surface area contributed by atoms with Crippen LogP contribution in [0, 0.1) is 5.41 Å². The van der Waals surface area contributed by atoms with Crippen molar-refractivity contribution in [3.05, 3.63) is 16.7 Å². The lowest BCUT2D eigenvalue weighted by Gasteiger charge is -2.18. The van der Waals surface area contributed by atoms with Crippen LogP contribution in [0.1, 0.15) is 39.5 Å². The van der Waals surface area contributed by atoms with Crippen molar-refractivity contribution in [3.63, 3.8) is 0 Å². The lowest BCUT2D eigenvalue weighted by molar-refractivity contribution is -0.153. The molecule has 148 valence electrons. The highest BCUT2D eigenvalue weighted by Gasteiger charge is 2.36. The number of methoxy groups -OCH3 is 1. The Hall–Kier alpha value is -2.36. The Bertz CT molecular complexity index is 874. The zero-order chi connectivity index (χ0) is 20.0. The van der Waals surface area contributed by atoms with Gasteiger partial charge in [0, 0.05) is 12.3 Å². The number of unbranched alkanes of at least 4 members (excludes halogenated alkanes) is 3. The third kappa shape index (κ3) is 5.09. The minimum absolute atomic E-state index is 0.0748. The number of nitrogen functional groups attached to an aromatic ring is 1. The molecule has 2 rings (SSSR count). The molecule has 0 aliphatic carbocycles. The first-order valence-corrected chi connectivity index (χ1v) is 9.72. The first-order valence-electron chi connectivity index (χ1n) is 8.73. The lowest BCUT2D eigenvalue weighted by Crippen LogP contribution is -2.32. The molecule has 2 aromatic rings. The third-order valence-corrected chi connectivity index (χ3v) is 5.49. The van der Waals surface area contributed by atoms with E-state index in [-0.39, 0.29) is 22.1 Å². The number of H-pyrrole nitrogens is 1. The van der Waals surface area contributed by atoms with Crippen LogP contribution in [-0.2, 0) is 20.9 Å². The van der Waals surface area contributed by atoms with Crippen LogP contribution in [0.2, 0.25) is 0 Å². The molecule has 0 amide bonds. The van der Waals surface area contributed by atoms with Crippen LogP contribution < -0.4 is 11.3 Å². The number of aromatic amines is 1. The molecule has 27 heavy (non-hydrogen) atoms. The number of thioether (sulfide) groups is 1. The number of ether oxygens (including phenoxy) is 1. The molecule has 2 aromatic heterocycles. The molecular weight excluding hydrogens is 370 g/mol. The van der Waals surface area contributed by atoms with E-state index in [1.807, 2.05) is 4.57 Å². The van der Waals surface area contributed by atoms with Crippen LogP contribution in [0.3, 0.4) is 0 Å². The molecule has 0 aliphatic rings. The number of fused-ring (bicyclic) bond motifs is 1. The second-order valence-electron chi connectivity index (χ2n) is 6.73. The standard InChI is InChI=1S/C17H25N5O4S/c1-17(2,14(24)26-3)15(25)27-9-7-5-4-6-8-22-10-19-11-12(22)20-16(18)21-13(11)23/h10H,4-9H2,1-3H3,(H3,18,20,21,23). The fraction of sp³-hybridized carbons (Fsp3) is 0.588. The van der Waals surface area contributed by atoms with Gasteiger partial charge >= 0.3 is 5.97 Å². The summed E-state index contributed by atoms with van der Waals surface area (Å²) in [4.78, 5) is 46.1. The van der Waals surface area contributed by atoms with Gasteiger partial charge in [0.2, 0.25) is 11.1 Å². The van der Waals surface area contributed by atoms with Crippen LogP contribution >= 0.6 is 11.8 Å². The summed E-state index contributed by atoms with van der Waals surface area (Å²) in [5.74, 6) is 0.229. The maximum Gasteiger partial charge on any atom is 0.319 e. The van der Waals surface area contributed by atoms with E-state index in [9.17, 15) is 14.4 Å². The summed E-state index contributed by atoms with van der Waals surface area (Å²) in [6.45, 7) is 3.85. The molecule has 0 spiro atoms. The molecular formula is C17H25N5O4S. The molecule has 0 unspecified atom stereocenters. The van der Waals surface area contributed by atoms with E-state index >= 15 is 0 Å². The zero-order valence-corrected chi connectivity index (χ0v) is 16.6. The van der Waals surface area contributed by atoms with E-state index in [0.717, 1.165) is 25.7 Å². The van der Waals surface area contributed by atoms with Gasteiger partial charge in [-0.1, -0.05) is 24.6 Å². The van der Waals surface area contributed by atoms with Crippen molar-refractivity contribution in [2.45, 2.75) is 46.1 Å². The highest BCUT2D eigenvalue weighted by atomic mass is 32.2. The maximum absolute atomic E-state index is 12.1. The van der Waals surface area contributed by atoms with Crippen LogP contribution in [0.25, 0.3) is 11.2 Å². The second kappa shape index (κ2) is 9.03. The summed E-state index contributed by atoms with van der Waals surface area (Å²) < 4.78 is 6.48. The predicted octanol–water partition coefficient (Wildman–Crippen LogP) is 1.72. The number of imidazole rings is 1. The van der Waals surface area contributed by atoms with Crippen molar-refractivity contribution >= 4 is 40.0 Å². The van der Waals surface area contributed by atoms with Crippen molar-refractivity contribution in [2.24, 2.45) is 5.41 Å². The molecule has 9 nitrogen and oxygen atoms in total. The molecule has 0 radical (unpaired) electrons. The van der Waals surface area contributed by atoms with Gasteiger partial charge in [-0.15, -0.1) is 0 Å². The number of nitrogens with two attached hydrogens (primary N) is 1. The summed E-state index contributed by atoms with van der Waals surface area (Å²) in [7, 11) is 1.28. The van der Waals surface area contributed by atoms with Gasteiger partial charge in [0.15, 0.2) is 11.2 Å². The number of nitrogens with one attached hydrogen (secondary N) is 1. The summed E-state index contributed by atoms with van der Waals surface area (Å²) in [5.41, 5.74) is 4.89. The SMILES string of the molecule is COC(=O)C(C)(C)C(=O)SCCCCCCn1cnc2c(=O)[nH]c(N)nc21. The Morgan fingerprint density at radius 1 is 1.30 bits per heavy atom. The normalized spacial score (nSPS) is 11.7. The van der Waals surface area contributed by atoms with Gasteiger partial charge < -0.3 is 15.0 Å². The van der Waals surface area contributed by atoms with E-state index in [0.29, 0.717) is 17.9 Å². The molecule has 0 aromatic carbocycles. The molecule has 0 atom stereocenters. The van der Waals surface area contributed by atoms with Gasteiger partial charge in [-0.3, -0.25) is 19.4 Å². The summed E-state index contributed by atoms with van der Waals surface area (Å²) in [6, 6.07) is 0. The highest BCUT2D eigenvalue weighted by molar-refractivity contribution is 8.13. The van der Waals surface area contributed by atoms with E-state index in [2.05, 4.69) is 19.7 Å². The molecule has 2 heterocycles. The van der Waals surface area contributed by atoms with E-state index in [4.69, 9.17) is 5.73 Å². The Labute approximate surface area is 161 Å². The van der Waals surface area contributed by atoms with E-state index in [1.165, 1.54) is 18.9 Å². The Kier molecular flexibility index (Phi) is 7.00. The predicted molar refractivity (Wildman–Crippen MR) is 104 cm³/mol. The number of aromatic nitrogens is 4. The van der Waals surface area contributed by atoms with Crippen molar-refractivity contribution < 1.29 is 14.3 Å². The maximum atomic E-state index is 12.1. The number of hydrogen-bond donors (Lipinski definition) is 2. The summed E-state index contributed by atoms with van der Waals surface area (Å²) in [6.07, 6.45) is 5.29. The molecule has 10 heteroatoms. The smallest absolute Gasteiger partial charge is 0.319 e. The van der Waals surface area contributed by atoms with Gasteiger partial charge in [0.05, 0.1) is 13.4 Å². The van der Waals surface area contributed by atoms with E-state index in [1.54, 1.807) is 20.2 Å². The monoisotopic (exact) mass is 395 g/mol. The summed E-state index contributed by atoms with van der Waals surface area (Å²) in [5, 5.41) is -0.173. The number of esters is 1. The zero-order valence-electron chi connectivity index (χ0n) is 15.8. The van der Waals surface area contributed by atoms with Gasteiger partial charge in [-0.05, 0) is 26.7 Å². The Balaban J connectivity index is 1.71. The number of aryl methyl sites for hydroxylation is 1. The largest absolute Gasteiger partial charge is 0.468 e.